The average molecular weight is 1080 g/mol. The van der Waals surface area contributed by atoms with Crippen LogP contribution in [0.4, 0.5) is 13.2 Å². The van der Waals surface area contributed by atoms with E-state index in [1.165, 1.54) is 30.3 Å². The number of benzene rings is 9. The lowest BCUT2D eigenvalue weighted by molar-refractivity contribution is -0.137. The Labute approximate surface area is 475 Å². The maximum Gasteiger partial charge on any atom is 0.416 e. The first-order valence-corrected chi connectivity index (χ1v) is 25.4. The van der Waals surface area contributed by atoms with E-state index in [0.717, 1.165) is 12.1 Å². The Kier molecular flexibility index (Phi) is 12.5. The summed E-state index contributed by atoms with van der Waals surface area (Å²) >= 11 is 0. The second kappa shape index (κ2) is 20.3. The summed E-state index contributed by atoms with van der Waals surface area (Å²) in [6.45, 7) is 0. The number of fused-ring (bicyclic) bond motifs is 6. The highest BCUT2D eigenvalue weighted by Crippen LogP contribution is 2.44. The van der Waals surface area contributed by atoms with E-state index in [4.69, 9.17) is 4.98 Å². The number of hydrogen-bond donors (Lipinski definition) is 0. The highest BCUT2D eigenvalue weighted by atomic mass is 19.4. The maximum atomic E-state index is 15.0. The monoisotopic (exact) mass is 1080 g/mol. The van der Waals surface area contributed by atoms with Crippen molar-refractivity contribution in [1.82, 2.24) is 14.1 Å². The summed E-state index contributed by atoms with van der Waals surface area (Å²) in [5, 5.41) is 92.6. The standard InChI is InChI=1S/C69H29F3N12/c70-69(71,72)53-22-43(33-77)21-48(23-53)58-28-68(84-65-15-7-46(56-11-3-41(31-75)19-51(56)36-80)26-61(65)62-27-47(8-16-66(62)84)57-12-4-42(32-76)20-52(57)37-81)82-38-67(58)83-63-13-5-44(54-9-1-39(29-73)17-49(54)34-78)24-59(63)60-25-45(6-14-64(60)83)55-10-2-40(30-74)18-50(55)35-79/h1-28,38H. The molecule has 84 heavy (non-hydrogen) atoms. The van der Waals surface area contributed by atoms with E-state index < -0.39 is 11.7 Å². The average Bonchev–Trinajstić information content (AvgIpc) is 1.78. The van der Waals surface area contributed by atoms with E-state index in [0.29, 0.717) is 105 Å². The lowest BCUT2D eigenvalue weighted by Crippen LogP contribution is -2.07. The van der Waals surface area contributed by atoms with Crippen molar-refractivity contribution in [3.8, 4) is 122 Å². The van der Waals surface area contributed by atoms with Crippen LogP contribution in [-0.4, -0.2) is 14.1 Å². The van der Waals surface area contributed by atoms with Gasteiger partial charge < -0.3 is 4.57 Å². The normalized spacial score (nSPS) is 10.9. The SMILES string of the molecule is N#Cc1cc(-c2cc(-n3c4ccc(-c5ccc(C#N)cc5C#N)cc4c4cc(-c5ccc(C#N)cc5C#N)ccc43)ncc2-n2c3ccc(-c4ccc(C#N)cc4C#N)cc3c3cc(-c4ccc(C#N)cc4C#N)ccc32)cc(C(F)(F)F)c1. The lowest BCUT2D eigenvalue weighted by Gasteiger charge is -2.18. The molecule has 15 heteroatoms. The molecule has 0 amide bonds. The topological polar surface area (TPSA) is 237 Å². The molecule has 386 valence electrons. The first-order valence-electron chi connectivity index (χ1n) is 25.4. The number of alkyl halides is 3. The first kappa shape index (κ1) is 51.7. The molecule has 0 aliphatic carbocycles. The number of hydrogen-bond acceptors (Lipinski definition) is 10. The fourth-order valence-corrected chi connectivity index (χ4v) is 11.0. The van der Waals surface area contributed by atoms with E-state index in [9.17, 15) is 47.4 Å². The summed E-state index contributed by atoms with van der Waals surface area (Å²) in [6.07, 6.45) is -3.32. The Hall–Kier alpha value is -13.1. The summed E-state index contributed by atoms with van der Waals surface area (Å²) < 4.78 is 48.7. The van der Waals surface area contributed by atoms with E-state index >= 15 is 13.2 Å². The van der Waals surface area contributed by atoms with Gasteiger partial charge in [-0.05, 0) is 171 Å². The summed E-state index contributed by atoms with van der Waals surface area (Å²) in [5.74, 6) is 0.248. The Morgan fingerprint density at radius 1 is 0.310 bits per heavy atom. The summed E-state index contributed by atoms with van der Waals surface area (Å²) in [6, 6.07) is 65.0. The summed E-state index contributed by atoms with van der Waals surface area (Å²) in [5.41, 5.74) is 8.31. The van der Waals surface area contributed by atoms with Gasteiger partial charge in [-0.1, -0.05) is 48.5 Å². The first-order chi connectivity index (χ1) is 40.8. The van der Waals surface area contributed by atoms with E-state index in [2.05, 4.69) is 48.6 Å². The molecule has 0 fully saturated rings. The second-order valence-corrected chi connectivity index (χ2v) is 19.5. The van der Waals surface area contributed by atoms with Crippen LogP contribution in [0.25, 0.3) is 111 Å². The molecule has 12 rings (SSSR count). The van der Waals surface area contributed by atoms with Crippen molar-refractivity contribution in [2.24, 2.45) is 0 Å². The predicted molar refractivity (Wildman–Crippen MR) is 308 cm³/mol. The van der Waals surface area contributed by atoms with E-state index in [-0.39, 0.29) is 55.9 Å². The third kappa shape index (κ3) is 8.63. The zero-order valence-corrected chi connectivity index (χ0v) is 43.2. The van der Waals surface area contributed by atoms with Crippen molar-refractivity contribution in [3.63, 3.8) is 0 Å². The fraction of sp³-hybridized carbons (Fsp3) is 0.0145. The van der Waals surface area contributed by atoms with Crippen LogP contribution in [0, 0.1) is 102 Å². The molecule has 0 unspecified atom stereocenters. The molecule has 0 saturated heterocycles. The van der Waals surface area contributed by atoms with Crippen molar-refractivity contribution in [2.45, 2.75) is 6.18 Å². The quantitative estimate of drug-likeness (QED) is 0.146. The molecule has 0 bridgehead atoms. The summed E-state index contributed by atoms with van der Waals surface area (Å²) in [7, 11) is 0. The van der Waals surface area contributed by atoms with Gasteiger partial charge in [-0.25, -0.2) is 4.98 Å². The van der Waals surface area contributed by atoms with Crippen LogP contribution < -0.4 is 0 Å². The minimum Gasteiger partial charge on any atom is -0.307 e. The third-order valence-electron chi connectivity index (χ3n) is 14.9. The van der Waals surface area contributed by atoms with Gasteiger partial charge in [-0.3, -0.25) is 4.57 Å². The number of aromatic nitrogens is 3. The zero-order chi connectivity index (χ0) is 58.6. The predicted octanol–water partition coefficient (Wildman–Crippen LogP) is 15.5. The van der Waals surface area contributed by atoms with Gasteiger partial charge in [-0.15, -0.1) is 0 Å². The van der Waals surface area contributed by atoms with Crippen molar-refractivity contribution in [1.29, 1.82) is 47.4 Å². The Balaban J connectivity index is 1.16. The molecule has 0 atom stereocenters. The van der Waals surface area contributed by atoms with Crippen molar-refractivity contribution in [3.05, 3.63) is 232 Å². The molecular formula is C69H29F3N12. The molecule has 0 radical (unpaired) electrons. The van der Waals surface area contributed by atoms with Crippen LogP contribution in [-0.2, 0) is 6.18 Å². The third-order valence-corrected chi connectivity index (χ3v) is 14.9. The summed E-state index contributed by atoms with van der Waals surface area (Å²) in [4.78, 5) is 5.14. The van der Waals surface area contributed by atoms with Gasteiger partial charge in [-0.2, -0.15) is 60.5 Å². The van der Waals surface area contributed by atoms with Gasteiger partial charge >= 0.3 is 6.18 Å². The van der Waals surface area contributed by atoms with Gasteiger partial charge in [0.25, 0.3) is 0 Å². The van der Waals surface area contributed by atoms with Gasteiger partial charge in [0.2, 0.25) is 0 Å². The molecule has 0 spiro atoms. The minimum atomic E-state index is -4.87. The molecule has 0 saturated carbocycles. The van der Waals surface area contributed by atoms with Gasteiger partial charge in [0.15, 0.2) is 0 Å². The number of pyridine rings is 1. The van der Waals surface area contributed by atoms with Gasteiger partial charge in [0.1, 0.15) is 5.82 Å². The van der Waals surface area contributed by atoms with Crippen molar-refractivity contribution >= 4 is 43.6 Å². The van der Waals surface area contributed by atoms with Gasteiger partial charge in [0.05, 0.1) is 144 Å². The fourth-order valence-electron chi connectivity index (χ4n) is 11.0. The van der Waals surface area contributed by atoms with Crippen LogP contribution in [0.3, 0.4) is 0 Å². The number of rotatable bonds is 7. The molecule has 12 aromatic rings. The highest BCUT2D eigenvalue weighted by Gasteiger charge is 2.32. The number of nitrogens with zero attached hydrogens (tertiary/aromatic N) is 12. The van der Waals surface area contributed by atoms with Crippen LogP contribution in [0.2, 0.25) is 0 Å². The number of nitriles is 9. The van der Waals surface area contributed by atoms with Gasteiger partial charge in [0, 0.05) is 27.1 Å². The molecule has 3 heterocycles. The Morgan fingerprint density at radius 2 is 0.655 bits per heavy atom. The van der Waals surface area contributed by atoms with Crippen molar-refractivity contribution in [2.75, 3.05) is 0 Å². The molecule has 12 nitrogen and oxygen atoms in total. The van der Waals surface area contributed by atoms with E-state index in [1.807, 2.05) is 75.9 Å². The second-order valence-electron chi connectivity index (χ2n) is 19.5. The van der Waals surface area contributed by atoms with Crippen LogP contribution in [0.5, 0.6) is 0 Å². The van der Waals surface area contributed by atoms with Crippen molar-refractivity contribution < 1.29 is 13.2 Å². The Morgan fingerprint density at radius 3 is 0.976 bits per heavy atom. The molecular weight excluding hydrogens is 1050 g/mol. The molecule has 0 aliphatic rings. The van der Waals surface area contributed by atoms with Crippen LogP contribution >= 0.6 is 0 Å². The Bertz CT molecular complexity index is 5060. The highest BCUT2D eigenvalue weighted by molar-refractivity contribution is 6.14. The maximum absolute atomic E-state index is 15.0. The molecule has 9 aromatic carbocycles. The largest absolute Gasteiger partial charge is 0.416 e. The minimum absolute atomic E-state index is 0.0239. The lowest BCUT2D eigenvalue weighted by atomic mass is 9.95. The molecule has 3 aromatic heterocycles. The van der Waals surface area contributed by atoms with E-state index in [1.54, 1.807) is 72.9 Å². The molecule has 0 aliphatic heterocycles. The molecule has 0 N–H and O–H groups in total. The zero-order valence-electron chi connectivity index (χ0n) is 43.2. The smallest absolute Gasteiger partial charge is 0.307 e. The number of halogens is 3. The van der Waals surface area contributed by atoms with Crippen LogP contribution in [0.15, 0.2) is 176 Å². The van der Waals surface area contributed by atoms with Crippen LogP contribution in [0.1, 0.15) is 55.6 Å².